The summed E-state index contributed by atoms with van der Waals surface area (Å²) in [5.41, 5.74) is 3.31. The molecule has 0 N–H and O–H groups in total. The lowest BCUT2D eigenvalue weighted by Gasteiger charge is -2.23. The number of ether oxygens (including phenoxy) is 1. The summed E-state index contributed by atoms with van der Waals surface area (Å²) in [5.74, 6) is 2.88. The van der Waals surface area contributed by atoms with Crippen LogP contribution in [-0.2, 0) is 6.54 Å². The monoisotopic (exact) mass is 365 g/mol. The summed E-state index contributed by atoms with van der Waals surface area (Å²) in [5, 5.41) is 0. The SMILES string of the molecule is COc1cccc(C(=O)N2C[C@@H]3C(CN(C)Cc4ccncc4C)[C@@H]3C2)c1. The first kappa shape index (κ1) is 18.0. The lowest BCUT2D eigenvalue weighted by Crippen LogP contribution is -2.33. The predicted octanol–water partition coefficient (Wildman–Crippen LogP) is 2.85. The second kappa shape index (κ2) is 7.31. The maximum atomic E-state index is 12.7. The fourth-order valence-corrected chi connectivity index (χ4v) is 4.42. The lowest BCUT2D eigenvalue weighted by atomic mass is 10.1. The molecular weight excluding hydrogens is 338 g/mol. The van der Waals surface area contributed by atoms with Gasteiger partial charge in [0.1, 0.15) is 5.75 Å². The number of benzene rings is 1. The standard InChI is InChI=1S/C22H27N3O2/c1-15-10-23-8-7-17(15)11-24(2)12-19-20-13-25(14-21(19)20)22(26)16-5-4-6-18(9-16)27-3/h4-10,19-21H,11-14H2,1-3H3/t19?,20-,21+. The molecule has 3 atom stereocenters. The molecule has 2 heterocycles. The Bertz CT molecular complexity index is 826. The number of pyridine rings is 1. The maximum absolute atomic E-state index is 12.7. The Balaban J connectivity index is 1.29. The molecule has 0 bridgehead atoms. The van der Waals surface area contributed by atoms with Gasteiger partial charge in [0.05, 0.1) is 7.11 Å². The van der Waals surface area contributed by atoms with Gasteiger partial charge in [-0.25, -0.2) is 0 Å². The van der Waals surface area contributed by atoms with Gasteiger partial charge in [0, 0.05) is 44.1 Å². The largest absolute Gasteiger partial charge is 0.497 e. The van der Waals surface area contributed by atoms with Crippen molar-refractivity contribution in [2.75, 3.05) is 33.8 Å². The summed E-state index contributed by atoms with van der Waals surface area (Å²) >= 11 is 0. The summed E-state index contributed by atoms with van der Waals surface area (Å²) in [4.78, 5) is 21.3. The van der Waals surface area contributed by atoms with E-state index in [1.54, 1.807) is 7.11 Å². The van der Waals surface area contributed by atoms with Crippen molar-refractivity contribution in [3.8, 4) is 5.75 Å². The van der Waals surface area contributed by atoms with E-state index >= 15 is 0 Å². The summed E-state index contributed by atoms with van der Waals surface area (Å²) < 4.78 is 5.24. The van der Waals surface area contributed by atoms with Gasteiger partial charge in [-0.3, -0.25) is 9.78 Å². The topological polar surface area (TPSA) is 45.7 Å². The zero-order chi connectivity index (χ0) is 19.0. The van der Waals surface area contributed by atoms with Crippen molar-refractivity contribution in [1.82, 2.24) is 14.8 Å². The summed E-state index contributed by atoms with van der Waals surface area (Å²) in [6, 6.07) is 9.55. The zero-order valence-electron chi connectivity index (χ0n) is 16.3. The highest BCUT2D eigenvalue weighted by Crippen LogP contribution is 2.52. The van der Waals surface area contributed by atoms with Crippen LogP contribution in [0.25, 0.3) is 0 Å². The van der Waals surface area contributed by atoms with Crippen LogP contribution in [0.5, 0.6) is 5.75 Å². The van der Waals surface area contributed by atoms with Gasteiger partial charge in [-0.05, 0) is 67.1 Å². The minimum Gasteiger partial charge on any atom is -0.497 e. The second-order valence-corrected chi connectivity index (χ2v) is 7.93. The predicted molar refractivity (Wildman–Crippen MR) is 105 cm³/mol. The molecule has 1 saturated heterocycles. The molecule has 0 radical (unpaired) electrons. The number of hydrogen-bond donors (Lipinski definition) is 0. The number of aromatic nitrogens is 1. The minimum absolute atomic E-state index is 0.126. The van der Waals surface area contributed by atoms with E-state index in [9.17, 15) is 4.79 Å². The van der Waals surface area contributed by atoms with Crippen LogP contribution < -0.4 is 4.74 Å². The van der Waals surface area contributed by atoms with Crippen LogP contribution in [0.1, 0.15) is 21.5 Å². The van der Waals surface area contributed by atoms with E-state index in [0.29, 0.717) is 17.8 Å². The molecular formula is C22H27N3O2. The van der Waals surface area contributed by atoms with Crippen molar-refractivity contribution in [3.63, 3.8) is 0 Å². The third-order valence-electron chi connectivity index (χ3n) is 6.07. The maximum Gasteiger partial charge on any atom is 0.254 e. The number of fused-ring (bicyclic) bond motifs is 1. The van der Waals surface area contributed by atoms with Crippen LogP contribution in [0.4, 0.5) is 0 Å². The molecule has 1 saturated carbocycles. The molecule has 1 amide bonds. The normalized spacial score (nSPS) is 23.4. The Kier molecular flexibility index (Phi) is 4.87. The molecule has 2 aliphatic rings. The average molecular weight is 365 g/mol. The Morgan fingerprint density at radius 1 is 1.30 bits per heavy atom. The van der Waals surface area contributed by atoms with Crippen LogP contribution in [0.3, 0.4) is 0 Å². The summed E-state index contributed by atoms with van der Waals surface area (Å²) in [7, 11) is 3.82. The van der Waals surface area contributed by atoms with Crippen molar-refractivity contribution in [1.29, 1.82) is 0 Å². The molecule has 2 fully saturated rings. The third-order valence-corrected chi connectivity index (χ3v) is 6.07. The molecule has 1 unspecified atom stereocenters. The molecule has 1 aromatic heterocycles. The zero-order valence-corrected chi connectivity index (χ0v) is 16.3. The number of nitrogens with zero attached hydrogens (tertiary/aromatic N) is 3. The Morgan fingerprint density at radius 2 is 2.07 bits per heavy atom. The van der Waals surface area contributed by atoms with E-state index in [1.165, 1.54) is 11.1 Å². The van der Waals surface area contributed by atoms with Crippen LogP contribution in [0, 0.1) is 24.7 Å². The summed E-state index contributed by atoms with van der Waals surface area (Å²) in [6.45, 7) is 5.93. The molecule has 4 rings (SSSR count). The van der Waals surface area contributed by atoms with Gasteiger partial charge >= 0.3 is 0 Å². The number of piperidine rings is 1. The van der Waals surface area contributed by atoms with Crippen molar-refractivity contribution >= 4 is 5.91 Å². The highest BCUT2D eigenvalue weighted by atomic mass is 16.5. The van der Waals surface area contributed by atoms with Gasteiger partial charge in [-0.2, -0.15) is 0 Å². The van der Waals surface area contributed by atoms with E-state index in [-0.39, 0.29) is 5.91 Å². The highest BCUT2D eigenvalue weighted by molar-refractivity contribution is 5.95. The van der Waals surface area contributed by atoms with Gasteiger partial charge in [-0.1, -0.05) is 6.07 Å². The quantitative estimate of drug-likeness (QED) is 0.790. The molecule has 5 heteroatoms. The first-order valence-electron chi connectivity index (χ1n) is 9.58. The molecule has 1 aliphatic carbocycles. The number of hydrogen-bond acceptors (Lipinski definition) is 4. The van der Waals surface area contributed by atoms with Crippen molar-refractivity contribution in [3.05, 3.63) is 59.4 Å². The van der Waals surface area contributed by atoms with Gasteiger partial charge in [-0.15, -0.1) is 0 Å². The molecule has 27 heavy (non-hydrogen) atoms. The first-order valence-corrected chi connectivity index (χ1v) is 9.58. The van der Waals surface area contributed by atoms with E-state index < -0.39 is 0 Å². The van der Waals surface area contributed by atoms with Gasteiger partial charge < -0.3 is 14.5 Å². The number of aryl methyl sites for hydroxylation is 1. The molecule has 1 aromatic carbocycles. The molecule has 5 nitrogen and oxygen atoms in total. The van der Waals surface area contributed by atoms with E-state index in [2.05, 4.69) is 29.9 Å². The second-order valence-electron chi connectivity index (χ2n) is 7.93. The Labute approximate surface area is 161 Å². The fourth-order valence-electron chi connectivity index (χ4n) is 4.42. The number of amides is 1. The van der Waals surface area contributed by atoms with Crippen molar-refractivity contribution in [2.24, 2.45) is 17.8 Å². The van der Waals surface area contributed by atoms with E-state index in [0.717, 1.165) is 37.5 Å². The van der Waals surface area contributed by atoms with Gasteiger partial charge in [0.25, 0.3) is 5.91 Å². The Hall–Kier alpha value is -2.40. The van der Waals surface area contributed by atoms with Gasteiger partial charge in [0.15, 0.2) is 0 Å². The van der Waals surface area contributed by atoms with E-state index in [4.69, 9.17) is 4.74 Å². The molecule has 2 aromatic rings. The Morgan fingerprint density at radius 3 is 2.78 bits per heavy atom. The van der Waals surface area contributed by atoms with Crippen LogP contribution in [-0.4, -0.2) is 54.5 Å². The molecule has 1 aliphatic heterocycles. The van der Waals surface area contributed by atoms with Crippen LogP contribution in [0.15, 0.2) is 42.7 Å². The minimum atomic E-state index is 0.126. The van der Waals surface area contributed by atoms with Crippen molar-refractivity contribution in [2.45, 2.75) is 13.5 Å². The van der Waals surface area contributed by atoms with Gasteiger partial charge in [0.2, 0.25) is 0 Å². The average Bonchev–Trinajstić information content (AvgIpc) is 3.12. The van der Waals surface area contributed by atoms with Crippen LogP contribution in [0.2, 0.25) is 0 Å². The lowest BCUT2D eigenvalue weighted by molar-refractivity contribution is 0.0764. The molecule has 142 valence electrons. The fraction of sp³-hybridized carbons (Fsp3) is 0.455. The van der Waals surface area contributed by atoms with E-state index in [1.807, 2.05) is 41.6 Å². The number of carbonyl (C=O) groups excluding carboxylic acids is 1. The smallest absolute Gasteiger partial charge is 0.254 e. The number of carbonyl (C=O) groups is 1. The van der Waals surface area contributed by atoms with Crippen LogP contribution >= 0.6 is 0 Å². The highest BCUT2D eigenvalue weighted by Gasteiger charge is 2.56. The third kappa shape index (κ3) is 3.69. The number of likely N-dealkylation sites (tertiary alicyclic amines) is 1. The summed E-state index contributed by atoms with van der Waals surface area (Å²) in [6.07, 6.45) is 3.79. The first-order chi connectivity index (χ1) is 13.1. The molecule has 0 spiro atoms. The van der Waals surface area contributed by atoms with Crippen molar-refractivity contribution < 1.29 is 9.53 Å². The number of rotatable bonds is 6. The number of methoxy groups -OCH3 is 1.